The summed E-state index contributed by atoms with van der Waals surface area (Å²) in [5, 5.41) is 19.5. The van der Waals surface area contributed by atoms with Crippen LogP contribution in [0.15, 0.2) is 84.5 Å². The molecule has 5 aromatic rings. The predicted octanol–water partition coefficient (Wildman–Crippen LogP) is 5.05. The van der Waals surface area contributed by atoms with Crippen molar-refractivity contribution >= 4 is 17.3 Å². The molecule has 0 N–H and O–H groups in total. The van der Waals surface area contributed by atoms with Crippen molar-refractivity contribution in [1.82, 2.24) is 24.1 Å². The van der Waals surface area contributed by atoms with E-state index in [2.05, 4.69) is 44.9 Å². The Hall–Kier alpha value is -3.89. The normalized spacial score (nSPS) is 11.0. The fraction of sp³-hybridized carbons (Fsp3) is 0.0833. The van der Waals surface area contributed by atoms with Gasteiger partial charge >= 0.3 is 0 Å². The molecule has 5 rings (SSSR count). The van der Waals surface area contributed by atoms with Gasteiger partial charge in [0.15, 0.2) is 11.0 Å². The molecule has 4 heterocycles. The van der Waals surface area contributed by atoms with Crippen LogP contribution in [0.25, 0.3) is 22.6 Å². The molecule has 0 aliphatic carbocycles. The summed E-state index contributed by atoms with van der Waals surface area (Å²) >= 11 is 1.57. The molecular weight excluding hydrogens is 404 g/mol. The van der Waals surface area contributed by atoms with Crippen molar-refractivity contribution in [2.75, 3.05) is 0 Å². The first kappa shape index (κ1) is 19.1. The SMILES string of the molecule is Cc1ccccc1-n1c(SCc2cn3ccccc3c2C#N)nnc1-c1cccnc1. The maximum atomic E-state index is 9.71. The summed E-state index contributed by atoms with van der Waals surface area (Å²) in [6.07, 6.45) is 7.51. The zero-order valence-electron chi connectivity index (χ0n) is 16.8. The molecule has 0 amide bonds. The Balaban J connectivity index is 1.57. The van der Waals surface area contributed by atoms with Crippen LogP contribution in [0.3, 0.4) is 0 Å². The van der Waals surface area contributed by atoms with Crippen molar-refractivity contribution in [3.63, 3.8) is 0 Å². The minimum Gasteiger partial charge on any atom is -0.322 e. The second kappa shape index (κ2) is 8.09. The summed E-state index contributed by atoms with van der Waals surface area (Å²) < 4.78 is 4.06. The number of para-hydroxylation sites is 1. The van der Waals surface area contributed by atoms with E-state index in [0.717, 1.165) is 38.9 Å². The van der Waals surface area contributed by atoms with Gasteiger partial charge in [-0.25, -0.2) is 0 Å². The van der Waals surface area contributed by atoms with Gasteiger partial charge in [-0.1, -0.05) is 36.0 Å². The highest BCUT2D eigenvalue weighted by Crippen LogP contribution is 2.32. The molecule has 0 saturated heterocycles. The maximum absolute atomic E-state index is 9.71. The van der Waals surface area contributed by atoms with Gasteiger partial charge < -0.3 is 4.40 Å². The molecule has 1 aromatic carbocycles. The molecule has 0 fully saturated rings. The van der Waals surface area contributed by atoms with Crippen LogP contribution in [-0.4, -0.2) is 24.1 Å². The highest BCUT2D eigenvalue weighted by Gasteiger charge is 2.19. The number of pyridine rings is 2. The number of benzene rings is 1. The number of aryl methyl sites for hydroxylation is 1. The lowest BCUT2D eigenvalue weighted by atomic mass is 10.2. The molecule has 150 valence electrons. The summed E-state index contributed by atoms with van der Waals surface area (Å²) in [6, 6.07) is 20.3. The second-order valence-electron chi connectivity index (χ2n) is 7.09. The van der Waals surface area contributed by atoms with Crippen molar-refractivity contribution in [3.05, 3.63) is 96.1 Å². The Morgan fingerprint density at radius 3 is 2.71 bits per heavy atom. The highest BCUT2D eigenvalue weighted by molar-refractivity contribution is 7.98. The number of fused-ring (bicyclic) bond motifs is 1. The average Bonchev–Trinajstić information content (AvgIpc) is 3.39. The minimum absolute atomic E-state index is 0.613. The number of hydrogen-bond acceptors (Lipinski definition) is 5. The number of nitriles is 1. The highest BCUT2D eigenvalue weighted by atomic mass is 32.2. The van der Waals surface area contributed by atoms with E-state index in [1.54, 1.807) is 24.2 Å². The molecule has 0 aliphatic heterocycles. The van der Waals surface area contributed by atoms with Gasteiger partial charge in [0.05, 0.1) is 16.8 Å². The third kappa shape index (κ3) is 3.47. The summed E-state index contributed by atoms with van der Waals surface area (Å²) in [6.45, 7) is 2.07. The van der Waals surface area contributed by atoms with Crippen LogP contribution in [0.1, 0.15) is 16.7 Å². The lowest BCUT2D eigenvalue weighted by molar-refractivity contribution is 0.880. The van der Waals surface area contributed by atoms with Gasteiger partial charge in [-0.15, -0.1) is 10.2 Å². The molecule has 31 heavy (non-hydrogen) atoms. The van der Waals surface area contributed by atoms with E-state index in [9.17, 15) is 5.26 Å². The van der Waals surface area contributed by atoms with Crippen LogP contribution in [-0.2, 0) is 5.75 Å². The fourth-order valence-electron chi connectivity index (χ4n) is 3.64. The van der Waals surface area contributed by atoms with E-state index < -0.39 is 0 Å². The van der Waals surface area contributed by atoms with Crippen molar-refractivity contribution in [3.8, 4) is 23.1 Å². The third-order valence-corrected chi connectivity index (χ3v) is 6.12. The summed E-state index contributed by atoms with van der Waals surface area (Å²) in [7, 11) is 0. The number of rotatable bonds is 5. The molecular formula is C24H18N6S. The third-order valence-electron chi connectivity index (χ3n) is 5.14. The van der Waals surface area contributed by atoms with Crippen LogP contribution in [0.2, 0.25) is 0 Å². The quantitative estimate of drug-likeness (QED) is 0.371. The first-order valence-electron chi connectivity index (χ1n) is 9.79. The maximum Gasteiger partial charge on any atom is 0.196 e. The Kier molecular flexibility index (Phi) is 4.98. The van der Waals surface area contributed by atoms with Crippen LogP contribution >= 0.6 is 11.8 Å². The van der Waals surface area contributed by atoms with Gasteiger partial charge in [-0.3, -0.25) is 9.55 Å². The molecule has 6 nitrogen and oxygen atoms in total. The molecule has 0 bridgehead atoms. The Bertz CT molecular complexity index is 1410. The first-order chi connectivity index (χ1) is 15.3. The molecule has 0 aliphatic rings. The van der Waals surface area contributed by atoms with Gasteiger partial charge in [-0.2, -0.15) is 5.26 Å². The lowest BCUT2D eigenvalue weighted by Gasteiger charge is -2.12. The molecule has 0 spiro atoms. The number of nitrogens with zero attached hydrogens (tertiary/aromatic N) is 6. The van der Waals surface area contributed by atoms with Crippen molar-refractivity contribution in [2.24, 2.45) is 0 Å². The molecule has 0 saturated carbocycles. The van der Waals surface area contributed by atoms with Crippen LogP contribution in [0.4, 0.5) is 0 Å². The molecule has 0 atom stereocenters. The summed E-state index contributed by atoms with van der Waals surface area (Å²) in [5.74, 6) is 1.36. The van der Waals surface area contributed by atoms with Gasteiger partial charge in [0.25, 0.3) is 0 Å². The van der Waals surface area contributed by atoms with Crippen molar-refractivity contribution in [2.45, 2.75) is 17.8 Å². The van der Waals surface area contributed by atoms with Gasteiger partial charge in [0.2, 0.25) is 0 Å². The zero-order chi connectivity index (χ0) is 21.2. The standard InChI is InChI=1S/C24H18N6S/c1-17-7-2-3-9-21(17)30-23(18-8-6-11-26-14-18)27-28-24(30)31-16-19-15-29-12-5-4-10-22(29)20(19)13-25/h2-12,14-15H,16H2,1H3. The second-order valence-corrected chi connectivity index (χ2v) is 8.04. The molecule has 0 unspecified atom stereocenters. The van der Waals surface area contributed by atoms with Gasteiger partial charge in [0.1, 0.15) is 6.07 Å². The van der Waals surface area contributed by atoms with Gasteiger partial charge in [0, 0.05) is 36.1 Å². The van der Waals surface area contributed by atoms with E-state index in [0.29, 0.717) is 11.3 Å². The van der Waals surface area contributed by atoms with Crippen LogP contribution in [0, 0.1) is 18.3 Å². The largest absolute Gasteiger partial charge is 0.322 e. The number of aromatic nitrogens is 5. The van der Waals surface area contributed by atoms with Gasteiger partial charge in [-0.05, 0) is 48.4 Å². The van der Waals surface area contributed by atoms with E-state index in [4.69, 9.17) is 0 Å². The average molecular weight is 423 g/mol. The van der Waals surface area contributed by atoms with E-state index >= 15 is 0 Å². The summed E-state index contributed by atoms with van der Waals surface area (Å²) in [4.78, 5) is 4.24. The lowest BCUT2D eigenvalue weighted by Crippen LogP contribution is -2.02. The smallest absolute Gasteiger partial charge is 0.196 e. The number of thioether (sulfide) groups is 1. The fourth-order valence-corrected chi connectivity index (χ4v) is 4.55. The topological polar surface area (TPSA) is 71.8 Å². The Labute approximate surface area is 183 Å². The molecule has 0 radical (unpaired) electrons. The molecule has 7 heteroatoms. The minimum atomic E-state index is 0.613. The Morgan fingerprint density at radius 2 is 1.90 bits per heavy atom. The van der Waals surface area contributed by atoms with E-state index in [1.807, 2.05) is 59.3 Å². The van der Waals surface area contributed by atoms with E-state index in [-0.39, 0.29) is 0 Å². The summed E-state index contributed by atoms with van der Waals surface area (Å²) in [5.41, 5.74) is 5.64. The Morgan fingerprint density at radius 1 is 1.03 bits per heavy atom. The van der Waals surface area contributed by atoms with E-state index in [1.165, 1.54) is 0 Å². The van der Waals surface area contributed by atoms with Crippen LogP contribution in [0.5, 0.6) is 0 Å². The van der Waals surface area contributed by atoms with Crippen molar-refractivity contribution < 1.29 is 0 Å². The monoisotopic (exact) mass is 422 g/mol. The first-order valence-corrected chi connectivity index (χ1v) is 10.8. The zero-order valence-corrected chi connectivity index (χ0v) is 17.6. The van der Waals surface area contributed by atoms with Crippen molar-refractivity contribution in [1.29, 1.82) is 5.26 Å². The van der Waals surface area contributed by atoms with Crippen LogP contribution < -0.4 is 0 Å². The number of hydrogen-bond donors (Lipinski definition) is 0. The predicted molar refractivity (Wildman–Crippen MR) is 121 cm³/mol. The molecule has 4 aromatic heterocycles.